The van der Waals surface area contributed by atoms with E-state index in [4.69, 9.17) is 0 Å². The van der Waals surface area contributed by atoms with Gasteiger partial charge in [0.05, 0.1) is 0 Å². The van der Waals surface area contributed by atoms with E-state index < -0.39 is 6.10 Å². The SMILES string of the molecule is O=C(N[C@H]1CC[C@H](CCN2CCN(c3cccc4sccc34)CC2)CC1)C(O)C1CC1. The molecular weight excluding hydrogens is 406 g/mol. The van der Waals surface area contributed by atoms with Crippen molar-refractivity contribution in [1.82, 2.24) is 10.2 Å². The number of thiophene rings is 1. The first-order valence-corrected chi connectivity index (χ1v) is 13.0. The molecule has 2 aromatic rings. The lowest BCUT2D eigenvalue weighted by atomic mass is 9.84. The van der Waals surface area contributed by atoms with E-state index in [0.717, 1.165) is 57.8 Å². The van der Waals surface area contributed by atoms with Crippen molar-refractivity contribution in [2.24, 2.45) is 11.8 Å². The molecule has 168 valence electrons. The lowest BCUT2D eigenvalue weighted by Gasteiger charge is -2.37. The van der Waals surface area contributed by atoms with Crippen LogP contribution in [0.25, 0.3) is 10.1 Å². The Kier molecular flexibility index (Phi) is 6.49. The molecular formula is C25H35N3O2S. The van der Waals surface area contributed by atoms with Crippen molar-refractivity contribution in [1.29, 1.82) is 0 Å². The van der Waals surface area contributed by atoms with Crippen molar-refractivity contribution < 1.29 is 9.90 Å². The molecule has 2 saturated carbocycles. The molecule has 31 heavy (non-hydrogen) atoms. The molecule has 1 amide bonds. The molecule has 1 unspecified atom stereocenters. The first kappa shape index (κ1) is 21.2. The average molecular weight is 442 g/mol. The van der Waals surface area contributed by atoms with Gasteiger partial charge < -0.3 is 15.3 Å². The van der Waals surface area contributed by atoms with Crippen LogP contribution in [0.2, 0.25) is 0 Å². The zero-order chi connectivity index (χ0) is 21.2. The van der Waals surface area contributed by atoms with E-state index >= 15 is 0 Å². The molecule has 3 aliphatic rings. The second kappa shape index (κ2) is 9.47. The summed E-state index contributed by atoms with van der Waals surface area (Å²) in [4.78, 5) is 17.3. The van der Waals surface area contributed by atoms with Gasteiger partial charge in [-0.2, -0.15) is 0 Å². The zero-order valence-electron chi connectivity index (χ0n) is 18.3. The van der Waals surface area contributed by atoms with Gasteiger partial charge in [0, 0.05) is 48.0 Å². The number of aliphatic hydroxyl groups is 1. The van der Waals surface area contributed by atoms with Crippen molar-refractivity contribution in [3.05, 3.63) is 29.6 Å². The molecule has 2 aliphatic carbocycles. The van der Waals surface area contributed by atoms with Gasteiger partial charge in [-0.15, -0.1) is 11.3 Å². The molecule has 1 aromatic heterocycles. The number of nitrogens with one attached hydrogen (secondary N) is 1. The van der Waals surface area contributed by atoms with Crippen LogP contribution in [0.4, 0.5) is 5.69 Å². The molecule has 2 N–H and O–H groups in total. The van der Waals surface area contributed by atoms with Crippen LogP contribution in [0.15, 0.2) is 29.6 Å². The standard InChI is InChI=1S/C25H35N3O2S/c29-24(19-6-7-19)25(30)26-20-8-4-18(5-9-20)10-12-27-13-15-28(16-14-27)22-2-1-3-23-21(22)11-17-31-23/h1-3,11,17-20,24,29H,4-10,12-16H2,(H,26,30)/t18-,20-,24?. The fraction of sp³-hybridized carbons (Fsp3) is 0.640. The maximum Gasteiger partial charge on any atom is 0.249 e. The second-order valence-corrected chi connectivity index (χ2v) is 10.7. The number of carbonyl (C=O) groups is 1. The van der Waals surface area contributed by atoms with Crippen LogP contribution >= 0.6 is 11.3 Å². The Morgan fingerprint density at radius 2 is 1.84 bits per heavy atom. The fourth-order valence-electron chi connectivity index (χ4n) is 5.34. The quantitative estimate of drug-likeness (QED) is 0.685. The van der Waals surface area contributed by atoms with Crippen LogP contribution in [0.1, 0.15) is 44.9 Å². The first-order valence-electron chi connectivity index (χ1n) is 12.1. The van der Waals surface area contributed by atoms with E-state index in [-0.39, 0.29) is 17.9 Å². The van der Waals surface area contributed by atoms with Crippen LogP contribution in [0, 0.1) is 11.8 Å². The van der Waals surface area contributed by atoms with E-state index in [1.807, 2.05) is 11.3 Å². The van der Waals surface area contributed by atoms with E-state index in [1.165, 1.54) is 41.6 Å². The number of rotatable bonds is 7. The Bertz CT molecular complexity index is 880. The summed E-state index contributed by atoms with van der Waals surface area (Å²) in [6, 6.07) is 9.19. The number of amides is 1. The maximum atomic E-state index is 12.1. The van der Waals surface area contributed by atoms with Gasteiger partial charge in [0.15, 0.2) is 0 Å². The van der Waals surface area contributed by atoms with Gasteiger partial charge in [0.1, 0.15) is 6.10 Å². The second-order valence-electron chi connectivity index (χ2n) is 9.74. The molecule has 3 fully saturated rings. The Morgan fingerprint density at radius 3 is 2.58 bits per heavy atom. The number of anilines is 1. The monoisotopic (exact) mass is 441 g/mol. The van der Waals surface area contributed by atoms with E-state index in [9.17, 15) is 9.90 Å². The van der Waals surface area contributed by atoms with Gasteiger partial charge >= 0.3 is 0 Å². The third-order valence-corrected chi connectivity index (χ3v) is 8.45. The minimum absolute atomic E-state index is 0.137. The van der Waals surface area contributed by atoms with Crippen molar-refractivity contribution in [3.63, 3.8) is 0 Å². The summed E-state index contributed by atoms with van der Waals surface area (Å²) in [5, 5.41) is 16.7. The zero-order valence-corrected chi connectivity index (χ0v) is 19.2. The number of fused-ring (bicyclic) bond motifs is 1. The van der Waals surface area contributed by atoms with Crippen molar-refractivity contribution in [3.8, 4) is 0 Å². The third-order valence-electron chi connectivity index (χ3n) is 7.57. The summed E-state index contributed by atoms with van der Waals surface area (Å²) in [5.74, 6) is 0.857. The Labute approximate surface area is 189 Å². The molecule has 5 nitrogen and oxygen atoms in total. The van der Waals surface area contributed by atoms with Crippen molar-refractivity contribution >= 4 is 33.0 Å². The molecule has 0 spiro atoms. The normalized spacial score (nSPS) is 26.2. The Morgan fingerprint density at radius 1 is 1.06 bits per heavy atom. The number of piperazine rings is 1. The molecule has 6 heteroatoms. The number of nitrogens with zero attached hydrogens (tertiary/aromatic N) is 2. The molecule has 2 heterocycles. The summed E-state index contributed by atoms with van der Waals surface area (Å²) in [7, 11) is 0. The molecule has 1 saturated heterocycles. The Hall–Kier alpha value is -1.63. The van der Waals surface area contributed by atoms with Crippen LogP contribution in [-0.4, -0.2) is 60.8 Å². The number of hydrogen-bond acceptors (Lipinski definition) is 5. The number of benzene rings is 1. The fourth-order valence-corrected chi connectivity index (χ4v) is 6.15. The van der Waals surface area contributed by atoms with E-state index in [1.54, 1.807) is 0 Å². The van der Waals surface area contributed by atoms with E-state index in [0.29, 0.717) is 0 Å². The lowest BCUT2D eigenvalue weighted by molar-refractivity contribution is -0.131. The van der Waals surface area contributed by atoms with Gasteiger partial charge in [0.2, 0.25) is 5.91 Å². The summed E-state index contributed by atoms with van der Waals surface area (Å²) in [6.45, 7) is 5.70. The van der Waals surface area contributed by atoms with Crippen molar-refractivity contribution in [2.75, 3.05) is 37.6 Å². The van der Waals surface area contributed by atoms with Crippen molar-refractivity contribution in [2.45, 2.75) is 57.1 Å². The average Bonchev–Trinajstić information content (AvgIpc) is 3.54. The first-order chi connectivity index (χ1) is 15.2. The highest BCUT2D eigenvalue weighted by Crippen LogP contribution is 2.34. The van der Waals surface area contributed by atoms with Crippen LogP contribution < -0.4 is 10.2 Å². The summed E-state index contributed by atoms with van der Waals surface area (Å²) >= 11 is 1.83. The summed E-state index contributed by atoms with van der Waals surface area (Å²) in [6.07, 6.45) is 7.01. The predicted molar refractivity (Wildman–Crippen MR) is 128 cm³/mol. The largest absolute Gasteiger partial charge is 0.383 e. The van der Waals surface area contributed by atoms with Crippen LogP contribution in [-0.2, 0) is 4.79 Å². The minimum atomic E-state index is -0.775. The molecule has 1 atom stereocenters. The van der Waals surface area contributed by atoms with Crippen LogP contribution in [0.5, 0.6) is 0 Å². The highest BCUT2D eigenvalue weighted by Gasteiger charge is 2.35. The van der Waals surface area contributed by atoms with E-state index in [2.05, 4.69) is 44.8 Å². The molecule has 5 rings (SSSR count). The van der Waals surface area contributed by atoms with Gasteiger partial charge in [-0.05, 0) is 86.9 Å². The van der Waals surface area contributed by atoms with Gasteiger partial charge in [-0.3, -0.25) is 9.69 Å². The third kappa shape index (κ3) is 5.07. The number of hydrogen-bond donors (Lipinski definition) is 2. The Balaban J connectivity index is 1.02. The minimum Gasteiger partial charge on any atom is -0.383 e. The highest BCUT2D eigenvalue weighted by molar-refractivity contribution is 7.17. The topological polar surface area (TPSA) is 55.8 Å². The molecule has 0 radical (unpaired) electrons. The molecule has 1 aromatic carbocycles. The molecule has 0 bridgehead atoms. The molecule has 1 aliphatic heterocycles. The lowest BCUT2D eigenvalue weighted by Crippen LogP contribution is -2.47. The van der Waals surface area contributed by atoms with Crippen LogP contribution in [0.3, 0.4) is 0 Å². The number of carbonyl (C=O) groups excluding carboxylic acids is 1. The van der Waals surface area contributed by atoms with Gasteiger partial charge in [-0.1, -0.05) is 6.07 Å². The van der Waals surface area contributed by atoms with Gasteiger partial charge in [0.25, 0.3) is 0 Å². The predicted octanol–water partition coefficient (Wildman–Crippen LogP) is 3.86. The summed E-state index contributed by atoms with van der Waals surface area (Å²) in [5.41, 5.74) is 1.39. The van der Waals surface area contributed by atoms with Gasteiger partial charge in [-0.25, -0.2) is 0 Å². The maximum absolute atomic E-state index is 12.1. The summed E-state index contributed by atoms with van der Waals surface area (Å²) < 4.78 is 1.38. The highest BCUT2D eigenvalue weighted by atomic mass is 32.1. The smallest absolute Gasteiger partial charge is 0.249 e. The number of aliphatic hydroxyl groups excluding tert-OH is 1.